The van der Waals surface area contributed by atoms with Crippen molar-refractivity contribution in [1.82, 2.24) is 4.90 Å². The first kappa shape index (κ1) is 16.1. The Morgan fingerprint density at radius 1 is 1.23 bits per heavy atom. The summed E-state index contributed by atoms with van der Waals surface area (Å²) in [6.45, 7) is 0.234. The van der Waals surface area contributed by atoms with Gasteiger partial charge >= 0.3 is 0 Å². The Labute approximate surface area is 129 Å². The summed E-state index contributed by atoms with van der Waals surface area (Å²) in [5, 5.41) is 0. The second kappa shape index (κ2) is 6.65. The number of likely N-dealkylation sites (N-methyl/N-ethyl adjacent to an activating group) is 1. The highest BCUT2D eigenvalue weighted by Gasteiger charge is 2.12. The van der Waals surface area contributed by atoms with Gasteiger partial charge in [-0.2, -0.15) is 0 Å². The SMILES string of the molecule is CN(Cc1ccco1)C(=O)COc1ccc(S(C)(=O)=O)cc1. The first-order chi connectivity index (χ1) is 10.4. The minimum Gasteiger partial charge on any atom is -0.484 e. The maximum Gasteiger partial charge on any atom is 0.260 e. The predicted molar refractivity (Wildman–Crippen MR) is 80.2 cm³/mol. The van der Waals surface area contributed by atoms with E-state index >= 15 is 0 Å². The predicted octanol–water partition coefficient (Wildman–Crippen LogP) is 1.72. The van der Waals surface area contributed by atoms with E-state index in [-0.39, 0.29) is 17.4 Å². The molecule has 118 valence electrons. The number of nitrogens with zero attached hydrogens (tertiary/aromatic N) is 1. The van der Waals surface area contributed by atoms with E-state index < -0.39 is 9.84 Å². The summed E-state index contributed by atoms with van der Waals surface area (Å²) in [5.41, 5.74) is 0. The molecule has 0 atom stereocenters. The largest absolute Gasteiger partial charge is 0.484 e. The molecule has 2 aromatic rings. The van der Waals surface area contributed by atoms with Crippen LogP contribution >= 0.6 is 0 Å². The molecule has 0 unspecified atom stereocenters. The number of furan rings is 1. The molecule has 0 aliphatic heterocycles. The number of hydrogen-bond acceptors (Lipinski definition) is 5. The maximum absolute atomic E-state index is 11.9. The standard InChI is InChI=1S/C15H17NO5S/c1-16(10-13-4-3-9-20-13)15(17)11-21-12-5-7-14(8-6-12)22(2,18)19/h3-9H,10-11H2,1-2H3. The van der Waals surface area contributed by atoms with Crippen LogP contribution < -0.4 is 4.74 Å². The van der Waals surface area contributed by atoms with Crippen LogP contribution in [0, 0.1) is 0 Å². The Morgan fingerprint density at radius 2 is 1.91 bits per heavy atom. The van der Waals surface area contributed by atoms with Gasteiger partial charge in [-0.25, -0.2) is 8.42 Å². The van der Waals surface area contributed by atoms with E-state index in [9.17, 15) is 13.2 Å². The average Bonchev–Trinajstić information content (AvgIpc) is 2.97. The van der Waals surface area contributed by atoms with Crippen LogP contribution in [0.1, 0.15) is 5.76 Å². The Hall–Kier alpha value is -2.28. The smallest absolute Gasteiger partial charge is 0.260 e. The second-order valence-electron chi connectivity index (χ2n) is 4.86. The van der Waals surface area contributed by atoms with Gasteiger partial charge in [-0.1, -0.05) is 0 Å². The van der Waals surface area contributed by atoms with Crippen LogP contribution in [0.25, 0.3) is 0 Å². The van der Waals surface area contributed by atoms with E-state index in [2.05, 4.69) is 0 Å². The molecule has 0 saturated carbocycles. The number of benzene rings is 1. The van der Waals surface area contributed by atoms with Gasteiger partial charge in [0.15, 0.2) is 16.4 Å². The van der Waals surface area contributed by atoms with E-state index in [1.807, 2.05) is 0 Å². The number of carbonyl (C=O) groups is 1. The zero-order chi connectivity index (χ0) is 16.2. The van der Waals surface area contributed by atoms with Gasteiger partial charge in [0.25, 0.3) is 5.91 Å². The minimum absolute atomic E-state index is 0.130. The second-order valence-corrected chi connectivity index (χ2v) is 6.88. The molecule has 0 aliphatic carbocycles. The zero-order valence-electron chi connectivity index (χ0n) is 12.4. The van der Waals surface area contributed by atoms with Crippen molar-refractivity contribution in [3.05, 3.63) is 48.4 Å². The van der Waals surface area contributed by atoms with Gasteiger partial charge < -0.3 is 14.1 Å². The van der Waals surface area contributed by atoms with Gasteiger partial charge in [-0.05, 0) is 36.4 Å². The monoisotopic (exact) mass is 323 g/mol. The number of rotatable bonds is 6. The Bertz CT molecular complexity index is 720. The van der Waals surface area contributed by atoms with Crippen LogP contribution in [-0.2, 0) is 21.2 Å². The van der Waals surface area contributed by atoms with Gasteiger partial charge in [0.2, 0.25) is 0 Å². The van der Waals surface area contributed by atoms with E-state index in [0.717, 1.165) is 6.26 Å². The van der Waals surface area contributed by atoms with Gasteiger partial charge in [0.05, 0.1) is 17.7 Å². The quantitative estimate of drug-likeness (QED) is 0.809. The molecule has 0 spiro atoms. The van der Waals surface area contributed by atoms with E-state index in [4.69, 9.17) is 9.15 Å². The molecule has 0 radical (unpaired) electrons. The molecule has 1 amide bonds. The van der Waals surface area contributed by atoms with Crippen molar-refractivity contribution < 1.29 is 22.4 Å². The third-order valence-corrected chi connectivity index (χ3v) is 4.14. The van der Waals surface area contributed by atoms with Crippen molar-refractivity contribution in [1.29, 1.82) is 0 Å². The lowest BCUT2D eigenvalue weighted by Gasteiger charge is -2.16. The molecule has 0 bridgehead atoms. The van der Waals surface area contributed by atoms with Crippen molar-refractivity contribution in [2.24, 2.45) is 0 Å². The van der Waals surface area contributed by atoms with Gasteiger partial charge in [-0.15, -0.1) is 0 Å². The number of amides is 1. The molecular formula is C15H17NO5S. The fraction of sp³-hybridized carbons (Fsp3) is 0.267. The summed E-state index contributed by atoms with van der Waals surface area (Å²) < 4.78 is 33.2. The van der Waals surface area contributed by atoms with Crippen LogP contribution in [0.15, 0.2) is 52.0 Å². The van der Waals surface area contributed by atoms with Crippen LogP contribution in [0.5, 0.6) is 5.75 Å². The van der Waals surface area contributed by atoms with Crippen molar-refractivity contribution in [3.8, 4) is 5.75 Å². The first-order valence-electron chi connectivity index (χ1n) is 6.55. The van der Waals surface area contributed by atoms with Gasteiger partial charge in [-0.3, -0.25) is 4.79 Å². The van der Waals surface area contributed by atoms with Gasteiger partial charge in [0, 0.05) is 13.3 Å². The summed E-state index contributed by atoms with van der Waals surface area (Å²) in [6.07, 6.45) is 2.68. The molecule has 2 rings (SSSR count). The normalized spacial score (nSPS) is 11.2. The molecule has 1 aromatic heterocycles. The highest BCUT2D eigenvalue weighted by Crippen LogP contribution is 2.16. The molecule has 0 fully saturated rings. The fourth-order valence-electron chi connectivity index (χ4n) is 1.76. The summed E-state index contributed by atoms with van der Waals surface area (Å²) in [6, 6.07) is 9.48. The molecule has 0 N–H and O–H groups in total. The summed E-state index contributed by atoms with van der Waals surface area (Å²) >= 11 is 0. The minimum atomic E-state index is -3.23. The summed E-state index contributed by atoms with van der Waals surface area (Å²) in [5.74, 6) is 0.920. The lowest BCUT2D eigenvalue weighted by Crippen LogP contribution is -2.30. The highest BCUT2D eigenvalue weighted by molar-refractivity contribution is 7.90. The molecule has 22 heavy (non-hydrogen) atoms. The lowest BCUT2D eigenvalue weighted by atomic mass is 10.3. The number of ether oxygens (including phenoxy) is 1. The number of carbonyl (C=O) groups excluding carboxylic acids is 1. The van der Waals surface area contributed by atoms with Gasteiger partial charge in [0.1, 0.15) is 11.5 Å². The third kappa shape index (κ3) is 4.36. The molecule has 0 aliphatic rings. The molecule has 6 nitrogen and oxygen atoms in total. The molecule has 0 saturated heterocycles. The van der Waals surface area contributed by atoms with Crippen molar-refractivity contribution in [2.75, 3.05) is 19.9 Å². The average molecular weight is 323 g/mol. The Kier molecular flexibility index (Phi) is 4.87. The molecule has 7 heteroatoms. The van der Waals surface area contributed by atoms with Crippen LogP contribution in [0.4, 0.5) is 0 Å². The topological polar surface area (TPSA) is 76.8 Å². The van der Waals surface area contributed by atoms with Crippen molar-refractivity contribution >= 4 is 15.7 Å². The molecule has 1 heterocycles. The van der Waals surface area contributed by atoms with Crippen LogP contribution in [0.3, 0.4) is 0 Å². The van der Waals surface area contributed by atoms with Crippen molar-refractivity contribution in [3.63, 3.8) is 0 Å². The van der Waals surface area contributed by atoms with Crippen LogP contribution in [-0.4, -0.2) is 39.1 Å². The Balaban J connectivity index is 1.88. The highest BCUT2D eigenvalue weighted by atomic mass is 32.2. The molecular weight excluding hydrogens is 306 g/mol. The summed E-state index contributed by atoms with van der Waals surface area (Å²) in [4.78, 5) is 13.6. The fourth-order valence-corrected chi connectivity index (χ4v) is 2.39. The molecule has 1 aromatic carbocycles. The zero-order valence-corrected chi connectivity index (χ0v) is 13.2. The van der Waals surface area contributed by atoms with E-state index in [1.165, 1.54) is 29.2 Å². The lowest BCUT2D eigenvalue weighted by molar-refractivity contribution is -0.132. The maximum atomic E-state index is 11.9. The Morgan fingerprint density at radius 3 is 2.45 bits per heavy atom. The van der Waals surface area contributed by atoms with E-state index in [0.29, 0.717) is 18.1 Å². The number of hydrogen-bond donors (Lipinski definition) is 0. The third-order valence-electron chi connectivity index (χ3n) is 3.01. The van der Waals surface area contributed by atoms with E-state index in [1.54, 1.807) is 25.4 Å². The van der Waals surface area contributed by atoms with Crippen molar-refractivity contribution in [2.45, 2.75) is 11.4 Å². The first-order valence-corrected chi connectivity index (χ1v) is 8.44. The van der Waals surface area contributed by atoms with Crippen LogP contribution in [0.2, 0.25) is 0 Å². The number of sulfone groups is 1. The summed E-state index contributed by atoms with van der Waals surface area (Å²) in [7, 11) is -1.58.